The molecule has 0 heterocycles. The molecule has 0 bridgehead atoms. The lowest BCUT2D eigenvalue weighted by atomic mass is 10.2. The smallest absolute Gasteiger partial charge is 0.250 e. The summed E-state index contributed by atoms with van der Waals surface area (Å²) in [5.74, 6) is 0.897. The molecule has 0 atom stereocenters. The van der Waals surface area contributed by atoms with E-state index in [0.717, 1.165) is 11.3 Å². The fourth-order valence-corrected chi connectivity index (χ4v) is 1.71. The van der Waals surface area contributed by atoms with Crippen molar-refractivity contribution in [1.29, 1.82) is 0 Å². The van der Waals surface area contributed by atoms with Crippen molar-refractivity contribution in [2.75, 3.05) is 18.5 Å². The number of anilines is 1. The predicted octanol–water partition coefficient (Wildman–Crippen LogP) is 3.19. The van der Waals surface area contributed by atoms with Gasteiger partial charge in [0.25, 0.3) is 0 Å². The third kappa shape index (κ3) is 5.49. The third-order valence-electron chi connectivity index (χ3n) is 2.34. The molecule has 0 unspecified atom stereocenters. The maximum absolute atomic E-state index is 11.6. The van der Waals surface area contributed by atoms with Gasteiger partial charge in [-0.3, -0.25) is 4.79 Å². The molecule has 1 amide bonds. The molecule has 0 saturated carbocycles. The number of halogens is 1. The number of amides is 1. The van der Waals surface area contributed by atoms with E-state index in [0.29, 0.717) is 18.2 Å². The van der Waals surface area contributed by atoms with Crippen LogP contribution in [0.4, 0.5) is 5.69 Å². The largest absolute Gasteiger partial charge is 0.494 e. The molecule has 0 aromatic heterocycles. The van der Waals surface area contributed by atoms with Crippen molar-refractivity contribution in [2.24, 2.45) is 0 Å². The number of alkyl halides is 1. The van der Waals surface area contributed by atoms with E-state index in [1.165, 1.54) is 0 Å². The summed E-state index contributed by atoms with van der Waals surface area (Å²) in [6.07, 6.45) is 0.0319. The Hall–Kier alpha value is -1.26. The van der Waals surface area contributed by atoms with E-state index in [2.05, 4.69) is 5.32 Å². The van der Waals surface area contributed by atoms with E-state index < -0.39 is 0 Å². The minimum absolute atomic E-state index is 0.0319. The first kappa shape index (κ1) is 15.8. The fraction of sp³-hybridized carbons (Fsp3) is 0.500. The maximum Gasteiger partial charge on any atom is 0.250 e. The monoisotopic (exact) mass is 285 g/mol. The highest BCUT2D eigenvalue weighted by atomic mass is 35.5. The van der Waals surface area contributed by atoms with Crippen LogP contribution in [0.5, 0.6) is 5.75 Å². The van der Waals surface area contributed by atoms with Crippen LogP contribution < -0.4 is 10.1 Å². The van der Waals surface area contributed by atoms with Crippen molar-refractivity contribution in [3.8, 4) is 5.75 Å². The Labute approximate surface area is 119 Å². The summed E-state index contributed by atoms with van der Waals surface area (Å²) in [5, 5.41) is 2.76. The van der Waals surface area contributed by atoms with Crippen LogP contribution in [0.25, 0.3) is 0 Å². The van der Waals surface area contributed by atoms with E-state index in [-0.39, 0.29) is 18.6 Å². The van der Waals surface area contributed by atoms with Crippen molar-refractivity contribution in [1.82, 2.24) is 0 Å². The molecule has 19 heavy (non-hydrogen) atoms. The molecular formula is C14H20ClNO3. The first-order valence-corrected chi connectivity index (χ1v) is 6.83. The maximum atomic E-state index is 11.6. The molecule has 1 aromatic rings. The Bertz CT molecular complexity index is 421. The van der Waals surface area contributed by atoms with Crippen molar-refractivity contribution in [3.05, 3.63) is 23.8 Å². The van der Waals surface area contributed by atoms with Gasteiger partial charge in [0.15, 0.2) is 0 Å². The second kappa shape index (κ2) is 8.02. The molecule has 0 aliphatic rings. The molecule has 5 heteroatoms. The SMILES string of the molecule is CCOc1ccc(NC(=O)COC(C)C)cc1CCl. The number of ether oxygens (including phenoxy) is 2. The number of hydrogen-bond donors (Lipinski definition) is 1. The number of rotatable bonds is 7. The van der Waals surface area contributed by atoms with Crippen molar-refractivity contribution in [3.63, 3.8) is 0 Å². The minimum Gasteiger partial charge on any atom is -0.494 e. The molecule has 4 nitrogen and oxygen atoms in total. The van der Waals surface area contributed by atoms with E-state index in [1.807, 2.05) is 26.8 Å². The summed E-state index contributed by atoms with van der Waals surface area (Å²) < 4.78 is 10.7. The third-order valence-corrected chi connectivity index (χ3v) is 2.62. The van der Waals surface area contributed by atoms with Crippen LogP contribution in [0.2, 0.25) is 0 Å². The summed E-state index contributed by atoms with van der Waals surface area (Å²) >= 11 is 5.86. The second-order valence-electron chi connectivity index (χ2n) is 4.30. The molecule has 1 rings (SSSR count). The summed E-state index contributed by atoms with van der Waals surface area (Å²) in [6.45, 7) is 6.31. The Kier molecular flexibility index (Phi) is 6.67. The van der Waals surface area contributed by atoms with Gasteiger partial charge in [-0.15, -0.1) is 11.6 Å². The van der Waals surface area contributed by atoms with Crippen LogP contribution in [-0.4, -0.2) is 25.2 Å². The van der Waals surface area contributed by atoms with Gasteiger partial charge in [0.1, 0.15) is 12.4 Å². The van der Waals surface area contributed by atoms with Gasteiger partial charge >= 0.3 is 0 Å². The van der Waals surface area contributed by atoms with Crippen molar-refractivity contribution < 1.29 is 14.3 Å². The topological polar surface area (TPSA) is 47.6 Å². The normalized spacial score (nSPS) is 10.6. The molecular weight excluding hydrogens is 266 g/mol. The molecule has 106 valence electrons. The van der Waals surface area contributed by atoms with Crippen LogP contribution in [-0.2, 0) is 15.4 Å². The first-order valence-electron chi connectivity index (χ1n) is 6.30. The van der Waals surface area contributed by atoms with Crippen LogP contribution in [0.15, 0.2) is 18.2 Å². The number of carbonyl (C=O) groups is 1. The van der Waals surface area contributed by atoms with Crippen molar-refractivity contribution >= 4 is 23.2 Å². The number of nitrogens with one attached hydrogen (secondary N) is 1. The molecule has 0 spiro atoms. The van der Waals surface area contributed by atoms with E-state index in [9.17, 15) is 4.79 Å². The molecule has 0 radical (unpaired) electrons. The number of carbonyl (C=O) groups excluding carboxylic acids is 1. The summed E-state index contributed by atoms with van der Waals surface area (Å²) in [7, 11) is 0. The highest BCUT2D eigenvalue weighted by Crippen LogP contribution is 2.24. The zero-order valence-corrected chi connectivity index (χ0v) is 12.3. The molecule has 0 fully saturated rings. The van der Waals surface area contributed by atoms with Crippen LogP contribution in [0.1, 0.15) is 26.3 Å². The average molecular weight is 286 g/mol. The van der Waals surface area contributed by atoms with E-state index >= 15 is 0 Å². The van der Waals surface area contributed by atoms with Gasteiger partial charge in [0.2, 0.25) is 5.91 Å². The lowest BCUT2D eigenvalue weighted by molar-refractivity contribution is -0.121. The van der Waals surface area contributed by atoms with Gasteiger partial charge < -0.3 is 14.8 Å². The highest BCUT2D eigenvalue weighted by Gasteiger charge is 2.07. The quantitative estimate of drug-likeness (QED) is 0.783. The summed E-state index contributed by atoms with van der Waals surface area (Å²) in [4.78, 5) is 11.6. The molecule has 1 aromatic carbocycles. The highest BCUT2D eigenvalue weighted by molar-refractivity contribution is 6.17. The zero-order valence-electron chi connectivity index (χ0n) is 11.5. The average Bonchev–Trinajstić information content (AvgIpc) is 2.38. The number of hydrogen-bond acceptors (Lipinski definition) is 3. The zero-order chi connectivity index (χ0) is 14.3. The van der Waals surface area contributed by atoms with Gasteiger partial charge in [-0.25, -0.2) is 0 Å². The Morgan fingerprint density at radius 1 is 1.42 bits per heavy atom. The molecule has 0 saturated heterocycles. The lowest BCUT2D eigenvalue weighted by Crippen LogP contribution is -2.20. The second-order valence-corrected chi connectivity index (χ2v) is 4.56. The van der Waals surface area contributed by atoms with Gasteiger partial charge in [0, 0.05) is 11.3 Å². The lowest BCUT2D eigenvalue weighted by Gasteiger charge is -2.12. The minimum atomic E-state index is -0.182. The van der Waals surface area contributed by atoms with Crippen molar-refractivity contribution in [2.45, 2.75) is 32.8 Å². The number of benzene rings is 1. The molecule has 0 aliphatic heterocycles. The van der Waals surface area contributed by atoms with Gasteiger partial charge in [-0.05, 0) is 39.0 Å². The Morgan fingerprint density at radius 2 is 2.16 bits per heavy atom. The molecule has 1 N–H and O–H groups in total. The Balaban J connectivity index is 2.66. The summed E-state index contributed by atoms with van der Waals surface area (Å²) in [5.41, 5.74) is 1.54. The fourth-order valence-electron chi connectivity index (χ4n) is 1.50. The predicted molar refractivity (Wildman–Crippen MR) is 76.9 cm³/mol. The van der Waals surface area contributed by atoms with Crippen LogP contribution >= 0.6 is 11.6 Å². The van der Waals surface area contributed by atoms with E-state index in [1.54, 1.807) is 12.1 Å². The van der Waals surface area contributed by atoms with Gasteiger partial charge in [0.05, 0.1) is 18.6 Å². The van der Waals surface area contributed by atoms with Gasteiger partial charge in [-0.2, -0.15) is 0 Å². The first-order chi connectivity index (χ1) is 9.06. The van der Waals surface area contributed by atoms with Gasteiger partial charge in [-0.1, -0.05) is 0 Å². The molecule has 0 aliphatic carbocycles. The van der Waals surface area contributed by atoms with Crippen LogP contribution in [0.3, 0.4) is 0 Å². The van der Waals surface area contributed by atoms with Crippen LogP contribution in [0, 0.1) is 0 Å². The standard InChI is InChI=1S/C14H20ClNO3/c1-4-18-13-6-5-12(7-11(13)8-15)16-14(17)9-19-10(2)3/h5-7,10H,4,8-9H2,1-3H3,(H,16,17). The van der Waals surface area contributed by atoms with E-state index in [4.69, 9.17) is 21.1 Å². The Morgan fingerprint density at radius 3 is 2.74 bits per heavy atom. The summed E-state index contributed by atoms with van der Waals surface area (Å²) in [6, 6.07) is 5.40.